The van der Waals surface area contributed by atoms with E-state index in [0.29, 0.717) is 12.1 Å². The van der Waals surface area contributed by atoms with Crippen molar-refractivity contribution in [2.75, 3.05) is 5.73 Å². The van der Waals surface area contributed by atoms with Gasteiger partial charge in [0.05, 0.1) is 0 Å². The number of nitrogens with zero attached hydrogens (tertiary/aromatic N) is 1. The molecule has 140 valence electrons. The Morgan fingerprint density at radius 2 is 1.93 bits per heavy atom. The second-order valence-corrected chi connectivity index (χ2v) is 6.59. The topological polar surface area (TPSA) is 38.4 Å². The van der Waals surface area contributed by atoms with Crippen molar-refractivity contribution in [3.05, 3.63) is 101 Å². The molecule has 0 amide bonds. The van der Waals surface area contributed by atoms with Crippen LogP contribution in [0.1, 0.15) is 35.6 Å². The number of rotatable bonds is 8. The molecule has 0 aromatic heterocycles. The van der Waals surface area contributed by atoms with Gasteiger partial charge in [-0.25, -0.2) is 4.39 Å². The number of hydrogen-bond acceptors (Lipinski definition) is 2. The van der Waals surface area contributed by atoms with Crippen LogP contribution < -0.4 is 5.73 Å². The standard InChI is InChI=1S/C24H27FN2/c1-5-7-22(16-27-6-2)18(4)13-20-9-8-19(12-17(20)3)14-21-10-11-23(25)15-24(21)26/h6-12,15-16H,2,4-5,13-14,26H2,1,3H3/b22-7+,27-16?. The molecule has 0 saturated heterocycles. The minimum atomic E-state index is -0.308. The zero-order chi connectivity index (χ0) is 19.8. The second-order valence-electron chi connectivity index (χ2n) is 6.59. The summed E-state index contributed by atoms with van der Waals surface area (Å²) >= 11 is 0. The van der Waals surface area contributed by atoms with Crippen LogP contribution in [0.5, 0.6) is 0 Å². The number of anilines is 1. The number of aliphatic imine (C=N–C) groups is 1. The summed E-state index contributed by atoms with van der Waals surface area (Å²) in [5, 5.41) is 0. The summed E-state index contributed by atoms with van der Waals surface area (Å²) in [5.41, 5.74) is 13.0. The molecule has 0 aliphatic rings. The fraction of sp³-hybridized carbons (Fsp3) is 0.208. The molecule has 0 saturated carbocycles. The Morgan fingerprint density at radius 1 is 1.19 bits per heavy atom. The predicted molar refractivity (Wildman–Crippen MR) is 115 cm³/mol. The third kappa shape index (κ3) is 5.78. The lowest BCUT2D eigenvalue weighted by molar-refractivity contribution is 0.628. The van der Waals surface area contributed by atoms with Crippen LogP contribution in [0.3, 0.4) is 0 Å². The zero-order valence-electron chi connectivity index (χ0n) is 16.1. The van der Waals surface area contributed by atoms with E-state index in [2.05, 4.69) is 56.3 Å². The molecule has 0 fully saturated rings. The van der Waals surface area contributed by atoms with E-state index in [1.54, 1.807) is 12.3 Å². The summed E-state index contributed by atoms with van der Waals surface area (Å²) in [5.74, 6) is -0.308. The summed E-state index contributed by atoms with van der Waals surface area (Å²) in [6.45, 7) is 12.0. The van der Waals surface area contributed by atoms with Crippen molar-refractivity contribution in [3.8, 4) is 0 Å². The lowest BCUT2D eigenvalue weighted by Gasteiger charge is -2.12. The highest BCUT2D eigenvalue weighted by Gasteiger charge is 2.07. The number of aryl methyl sites for hydroxylation is 1. The average molecular weight is 362 g/mol. The Kier molecular flexibility index (Phi) is 7.30. The molecule has 27 heavy (non-hydrogen) atoms. The van der Waals surface area contributed by atoms with E-state index in [4.69, 9.17) is 5.73 Å². The van der Waals surface area contributed by atoms with Gasteiger partial charge < -0.3 is 5.73 Å². The molecule has 0 atom stereocenters. The van der Waals surface area contributed by atoms with Gasteiger partial charge in [-0.15, -0.1) is 0 Å². The summed E-state index contributed by atoms with van der Waals surface area (Å²) in [6.07, 6.45) is 7.82. The molecule has 2 aromatic carbocycles. The number of nitrogen functional groups attached to an aromatic ring is 1. The Balaban J connectivity index is 2.16. The van der Waals surface area contributed by atoms with Gasteiger partial charge in [0.15, 0.2) is 0 Å². The molecule has 0 heterocycles. The molecule has 0 aliphatic carbocycles. The SMILES string of the molecule is C=CN=C/C(=C\CC)C(=C)Cc1ccc(Cc2ccc(F)cc2N)cc1C. The van der Waals surface area contributed by atoms with Crippen molar-refractivity contribution >= 4 is 11.9 Å². The van der Waals surface area contributed by atoms with E-state index >= 15 is 0 Å². The average Bonchev–Trinajstić information content (AvgIpc) is 2.63. The maximum Gasteiger partial charge on any atom is 0.125 e. The molecule has 0 radical (unpaired) electrons. The zero-order valence-corrected chi connectivity index (χ0v) is 16.1. The quantitative estimate of drug-likeness (QED) is 0.351. The Hall–Kier alpha value is -2.94. The van der Waals surface area contributed by atoms with Crippen LogP contribution in [0.4, 0.5) is 10.1 Å². The van der Waals surface area contributed by atoms with Gasteiger partial charge in [0.2, 0.25) is 0 Å². The van der Waals surface area contributed by atoms with Gasteiger partial charge in [0, 0.05) is 18.1 Å². The highest BCUT2D eigenvalue weighted by Crippen LogP contribution is 2.22. The van der Waals surface area contributed by atoms with Crippen molar-refractivity contribution in [2.24, 2.45) is 4.99 Å². The maximum atomic E-state index is 13.2. The monoisotopic (exact) mass is 362 g/mol. The second kappa shape index (κ2) is 9.67. The van der Waals surface area contributed by atoms with Crippen LogP contribution in [0.15, 0.2) is 78.0 Å². The molecule has 2 aromatic rings. The molecule has 0 aliphatic heterocycles. The molecule has 2 rings (SSSR count). The third-order valence-electron chi connectivity index (χ3n) is 4.46. The molecule has 0 bridgehead atoms. The first-order chi connectivity index (χ1) is 12.9. The van der Waals surface area contributed by atoms with E-state index < -0.39 is 0 Å². The van der Waals surface area contributed by atoms with Gasteiger partial charge in [-0.3, -0.25) is 4.99 Å². The van der Waals surface area contributed by atoms with Crippen molar-refractivity contribution in [1.29, 1.82) is 0 Å². The third-order valence-corrected chi connectivity index (χ3v) is 4.46. The van der Waals surface area contributed by atoms with Gasteiger partial charge in [0.1, 0.15) is 5.82 Å². The van der Waals surface area contributed by atoms with E-state index in [1.165, 1.54) is 29.5 Å². The van der Waals surface area contributed by atoms with E-state index in [9.17, 15) is 4.39 Å². The minimum absolute atomic E-state index is 0.308. The van der Waals surface area contributed by atoms with Crippen molar-refractivity contribution in [2.45, 2.75) is 33.1 Å². The minimum Gasteiger partial charge on any atom is -0.398 e. The Labute approximate surface area is 161 Å². The van der Waals surface area contributed by atoms with Crippen LogP contribution in [0.25, 0.3) is 0 Å². The summed E-state index contributed by atoms with van der Waals surface area (Å²) < 4.78 is 13.2. The van der Waals surface area contributed by atoms with E-state index in [1.807, 2.05) is 0 Å². The number of hydrogen-bond donors (Lipinski definition) is 1. The van der Waals surface area contributed by atoms with Crippen molar-refractivity contribution < 1.29 is 4.39 Å². The summed E-state index contributed by atoms with van der Waals surface area (Å²) in [7, 11) is 0. The molecule has 2 nitrogen and oxygen atoms in total. The van der Waals surface area contributed by atoms with Crippen molar-refractivity contribution in [3.63, 3.8) is 0 Å². The number of nitrogens with two attached hydrogens (primary N) is 1. The number of halogens is 1. The summed E-state index contributed by atoms with van der Waals surface area (Å²) in [6, 6.07) is 10.9. The largest absolute Gasteiger partial charge is 0.398 e. The first-order valence-electron chi connectivity index (χ1n) is 9.09. The molecular weight excluding hydrogens is 335 g/mol. The highest BCUT2D eigenvalue weighted by atomic mass is 19.1. The first-order valence-corrected chi connectivity index (χ1v) is 9.09. The normalized spacial score (nSPS) is 11.7. The fourth-order valence-electron chi connectivity index (χ4n) is 2.99. The lowest BCUT2D eigenvalue weighted by atomic mass is 9.93. The first kappa shape index (κ1) is 20.4. The van der Waals surface area contributed by atoms with Crippen LogP contribution in [0.2, 0.25) is 0 Å². The summed E-state index contributed by atoms with van der Waals surface area (Å²) in [4.78, 5) is 4.12. The van der Waals surface area contributed by atoms with Gasteiger partial charge in [0.25, 0.3) is 0 Å². The predicted octanol–water partition coefficient (Wildman–Crippen LogP) is 5.96. The molecule has 0 spiro atoms. The van der Waals surface area contributed by atoms with Crippen LogP contribution >= 0.6 is 0 Å². The highest BCUT2D eigenvalue weighted by molar-refractivity contribution is 5.84. The van der Waals surface area contributed by atoms with Gasteiger partial charge in [-0.05, 0) is 71.7 Å². The number of benzene rings is 2. The Bertz CT molecular complexity index is 891. The van der Waals surface area contributed by atoms with Gasteiger partial charge in [-0.1, -0.05) is 50.4 Å². The Morgan fingerprint density at radius 3 is 2.56 bits per heavy atom. The molecule has 2 N–H and O–H groups in total. The lowest BCUT2D eigenvalue weighted by Crippen LogP contribution is -2.00. The van der Waals surface area contributed by atoms with Crippen molar-refractivity contribution in [1.82, 2.24) is 0 Å². The maximum absolute atomic E-state index is 13.2. The molecular formula is C24H27FN2. The van der Waals surface area contributed by atoms with E-state index in [0.717, 1.165) is 35.1 Å². The van der Waals surface area contributed by atoms with Crippen LogP contribution in [-0.2, 0) is 12.8 Å². The fourth-order valence-corrected chi connectivity index (χ4v) is 2.99. The van der Waals surface area contributed by atoms with Crippen LogP contribution in [0, 0.1) is 12.7 Å². The van der Waals surface area contributed by atoms with E-state index in [-0.39, 0.29) is 5.82 Å². The molecule has 3 heteroatoms. The van der Waals surface area contributed by atoms with Gasteiger partial charge in [-0.2, -0.15) is 0 Å². The van der Waals surface area contributed by atoms with Crippen LogP contribution in [-0.4, -0.2) is 6.21 Å². The van der Waals surface area contributed by atoms with Gasteiger partial charge >= 0.3 is 0 Å². The smallest absolute Gasteiger partial charge is 0.125 e. The molecule has 0 unspecified atom stereocenters. The number of allylic oxidation sites excluding steroid dienone is 3.